The minimum Gasteiger partial charge on any atom is -0.497 e. The standard InChI is InChI=1S/C26H22N2O4S2/c1-17-6-5-7-18(14-17)16-32-22-9-4-3-8-20(22)15-23-25(30)28(26(33)34-23)27-24(29)19-10-12-21(31-2)13-11-19/h3-15H,16H2,1-2H3,(H,27,29). The van der Waals surface area contributed by atoms with E-state index in [2.05, 4.69) is 11.5 Å². The van der Waals surface area contributed by atoms with Gasteiger partial charge >= 0.3 is 0 Å². The summed E-state index contributed by atoms with van der Waals surface area (Å²) in [6, 6.07) is 22.2. The number of rotatable bonds is 7. The van der Waals surface area contributed by atoms with Gasteiger partial charge in [-0.3, -0.25) is 15.0 Å². The first-order valence-electron chi connectivity index (χ1n) is 10.4. The number of nitrogens with zero attached hydrogens (tertiary/aromatic N) is 1. The van der Waals surface area contributed by atoms with Gasteiger partial charge in [0.25, 0.3) is 11.8 Å². The predicted octanol–water partition coefficient (Wildman–Crippen LogP) is 5.13. The van der Waals surface area contributed by atoms with Crippen molar-refractivity contribution >= 4 is 46.2 Å². The van der Waals surface area contributed by atoms with Crippen LogP contribution in [0.2, 0.25) is 0 Å². The van der Waals surface area contributed by atoms with Gasteiger partial charge in [-0.05, 0) is 61.1 Å². The van der Waals surface area contributed by atoms with E-state index in [-0.39, 0.29) is 4.32 Å². The molecule has 4 rings (SSSR count). The number of nitrogens with one attached hydrogen (secondary N) is 1. The van der Waals surface area contributed by atoms with Crippen molar-refractivity contribution in [3.63, 3.8) is 0 Å². The molecule has 1 saturated heterocycles. The SMILES string of the molecule is COc1ccc(C(=O)NN2C(=O)C(=Cc3ccccc3OCc3cccc(C)c3)SC2=S)cc1. The van der Waals surface area contributed by atoms with E-state index in [0.717, 1.165) is 33.5 Å². The van der Waals surface area contributed by atoms with Gasteiger partial charge in [-0.1, -0.05) is 59.8 Å². The van der Waals surface area contributed by atoms with Crippen LogP contribution in [-0.4, -0.2) is 28.3 Å². The number of ether oxygens (including phenoxy) is 2. The van der Waals surface area contributed by atoms with Crippen LogP contribution in [0, 0.1) is 6.92 Å². The van der Waals surface area contributed by atoms with Gasteiger partial charge in [0.15, 0.2) is 4.32 Å². The van der Waals surface area contributed by atoms with E-state index in [1.807, 2.05) is 49.4 Å². The lowest BCUT2D eigenvalue weighted by Crippen LogP contribution is -2.44. The van der Waals surface area contributed by atoms with Crippen LogP contribution in [0.4, 0.5) is 0 Å². The number of carbonyl (C=O) groups is 2. The first kappa shape index (κ1) is 23.5. The van der Waals surface area contributed by atoms with Gasteiger partial charge in [0.2, 0.25) is 0 Å². The Morgan fingerprint density at radius 3 is 2.59 bits per heavy atom. The zero-order valence-electron chi connectivity index (χ0n) is 18.6. The van der Waals surface area contributed by atoms with Gasteiger partial charge in [0.05, 0.1) is 12.0 Å². The summed E-state index contributed by atoms with van der Waals surface area (Å²) >= 11 is 6.46. The predicted molar refractivity (Wildman–Crippen MR) is 137 cm³/mol. The Hall–Kier alpha value is -3.62. The van der Waals surface area contributed by atoms with Gasteiger partial charge in [-0.2, -0.15) is 5.01 Å². The monoisotopic (exact) mass is 490 g/mol. The highest BCUT2D eigenvalue weighted by molar-refractivity contribution is 8.26. The second-order valence-electron chi connectivity index (χ2n) is 7.50. The molecule has 0 aliphatic carbocycles. The maximum absolute atomic E-state index is 13.0. The van der Waals surface area contributed by atoms with Gasteiger partial charge in [-0.15, -0.1) is 0 Å². The highest BCUT2D eigenvalue weighted by Crippen LogP contribution is 2.33. The van der Waals surface area contributed by atoms with E-state index >= 15 is 0 Å². The van der Waals surface area contributed by atoms with Crippen molar-refractivity contribution < 1.29 is 19.1 Å². The van der Waals surface area contributed by atoms with Gasteiger partial charge in [0, 0.05) is 11.1 Å². The Bertz CT molecular complexity index is 1270. The fraction of sp³-hybridized carbons (Fsp3) is 0.115. The summed E-state index contributed by atoms with van der Waals surface area (Å²) < 4.78 is 11.4. The van der Waals surface area contributed by atoms with Crippen molar-refractivity contribution in [1.29, 1.82) is 0 Å². The molecule has 1 aliphatic rings. The number of amides is 2. The molecule has 0 radical (unpaired) electrons. The van der Waals surface area contributed by atoms with E-state index in [4.69, 9.17) is 21.7 Å². The summed E-state index contributed by atoms with van der Waals surface area (Å²) in [4.78, 5) is 26.0. The molecule has 8 heteroatoms. The van der Waals surface area contributed by atoms with Gasteiger partial charge in [0.1, 0.15) is 18.1 Å². The van der Waals surface area contributed by atoms with E-state index < -0.39 is 11.8 Å². The summed E-state index contributed by atoms with van der Waals surface area (Å²) in [5, 5.41) is 1.09. The molecular weight excluding hydrogens is 468 g/mol. The van der Waals surface area contributed by atoms with Crippen LogP contribution in [0.1, 0.15) is 27.0 Å². The van der Waals surface area contributed by atoms with Gasteiger partial charge < -0.3 is 9.47 Å². The second-order valence-corrected chi connectivity index (χ2v) is 9.18. The van der Waals surface area contributed by atoms with Crippen molar-refractivity contribution in [1.82, 2.24) is 10.4 Å². The smallest absolute Gasteiger partial charge is 0.285 e. The number of aryl methyl sites for hydroxylation is 1. The molecule has 172 valence electrons. The third-order valence-corrected chi connectivity index (χ3v) is 6.34. The second kappa shape index (κ2) is 10.5. The van der Waals surface area contributed by atoms with Crippen molar-refractivity contribution in [2.75, 3.05) is 7.11 Å². The molecule has 34 heavy (non-hydrogen) atoms. The minimum atomic E-state index is -0.443. The Labute approximate surface area is 207 Å². The lowest BCUT2D eigenvalue weighted by atomic mass is 10.1. The molecule has 1 fully saturated rings. The quantitative estimate of drug-likeness (QED) is 0.366. The molecule has 1 aliphatic heterocycles. The Morgan fingerprint density at radius 1 is 1.09 bits per heavy atom. The van der Waals surface area contributed by atoms with Crippen LogP contribution in [-0.2, 0) is 11.4 Å². The number of carbonyl (C=O) groups excluding carboxylic acids is 2. The van der Waals surface area contributed by atoms with Crippen molar-refractivity contribution in [3.05, 3.63) is 100.0 Å². The number of thioether (sulfide) groups is 1. The van der Waals surface area contributed by atoms with Crippen LogP contribution < -0.4 is 14.9 Å². The number of methoxy groups -OCH3 is 1. The summed E-state index contributed by atoms with van der Waals surface area (Å²) in [7, 11) is 1.55. The number of hydrogen-bond acceptors (Lipinski definition) is 6. The summed E-state index contributed by atoms with van der Waals surface area (Å²) in [6.07, 6.45) is 1.73. The third-order valence-electron chi connectivity index (χ3n) is 5.04. The zero-order valence-corrected chi connectivity index (χ0v) is 20.2. The molecule has 3 aromatic carbocycles. The number of thiocarbonyl (C=S) groups is 1. The molecule has 3 aromatic rings. The zero-order chi connectivity index (χ0) is 24.1. The minimum absolute atomic E-state index is 0.247. The van der Waals surface area contributed by atoms with Crippen LogP contribution in [0.3, 0.4) is 0 Å². The van der Waals surface area contributed by atoms with E-state index in [1.165, 1.54) is 0 Å². The van der Waals surface area contributed by atoms with E-state index in [1.54, 1.807) is 37.5 Å². The van der Waals surface area contributed by atoms with Crippen LogP contribution >= 0.6 is 24.0 Å². The van der Waals surface area contributed by atoms with Crippen LogP contribution in [0.15, 0.2) is 77.7 Å². The Morgan fingerprint density at radius 2 is 1.85 bits per heavy atom. The summed E-state index contributed by atoms with van der Waals surface area (Å²) in [6.45, 7) is 2.44. The lowest BCUT2D eigenvalue weighted by Gasteiger charge is -2.15. The van der Waals surface area contributed by atoms with Crippen molar-refractivity contribution in [2.24, 2.45) is 0 Å². The maximum Gasteiger partial charge on any atom is 0.285 e. The number of para-hydroxylation sites is 1. The fourth-order valence-electron chi connectivity index (χ4n) is 3.31. The van der Waals surface area contributed by atoms with Gasteiger partial charge in [-0.25, -0.2) is 0 Å². The molecule has 0 saturated carbocycles. The molecule has 6 nitrogen and oxygen atoms in total. The van der Waals surface area contributed by atoms with Crippen LogP contribution in [0.5, 0.6) is 11.5 Å². The van der Waals surface area contributed by atoms with Crippen molar-refractivity contribution in [2.45, 2.75) is 13.5 Å². The molecular formula is C26H22N2O4S2. The highest BCUT2D eigenvalue weighted by Gasteiger charge is 2.34. The number of hydrogen-bond donors (Lipinski definition) is 1. The van der Waals surface area contributed by atoms with E-state index in [9.17, 15) is 9.59 Å². The number of hydrazine groups is 1. The molecule has 1 N–H and O–H groups in total. The summed E-state index contributed by atoms with van der Waals surface area (Å²) in [5.74, 6) is 0.442. The maximum atomic E-state index is 13.0. The fourth-order valence-corrected chi connectivity index (χ4v) is 4.48. The Kier molecular flexibility index (Phi) is 7.30. The first-order chi connectivity index (χ1) is 16.4. The Balaban J connectivity index is 1.48. The third kappa shape index (κ3) is 5.47. The van der Waals surface area contributed by atoms with E-state index in [0.29, 0.717) is 28.6 Å². The average Bonchev–Trinajstić information content (AvgIpc) is 3.11. The highest BCUT2D eigenvalue weighted by atomic mass is 32.2. The molecule has 0 bridgehead atoms. The van der Waals surface area contributed by atoms with Crippen molar-refractivity contribution in [3.8, 4) is 11.5 Å². The average molecular weight is 491 g/mol. The first-order valence-corrected chi connectivity index (χ1v) is 11.7. The molecule has 1 heterocycles. The summed E-state index contributed by atoms with van der Waals surface area (Å²) in [5.41, 5.74) is 5.93. The largest absolute Gasteiger partial charge is 0.497 e. The molecule has 2 amide bonds. The molecule has 0 atom stereocenters. The molecule has 0 aromatic heterocycles. The normalized spacial score (nSPS) is 14.4. The lowest BCUT2D eigenvalue weighted by molar-refractivity contribution is -0.123. The molecule has 0 unspecified atom stereocenters. The topological polar surface area (TPSA) is 67.9 Å². The van der Waals surface area contributed by atoms with Crippen LogP contribution in [0.25, 0.3) is 6.08 Å². The molecule has 0 spiro atoms. The number of benzene rings is 3.